The minimum Gasteiger partial charge on any atom is -0.478 e. The first kappa shape index (κ1) is 30.9. The van der Waals surface area contributed by atoms with Crippen LogP contribution < -0.4 is 33.0 Å². The van der Waals surface area contributed by atoms with Crippen molar-refractivity contribution in [2.45, 2.75) is 79.7 Å². The standard InChI is InChI=1S/C23H38N10O8S2/c1-22(11-31-6-2-12(24)3-7-31)10-26-32(30-22)8-14-16(17-19(40-17)33(14)43(37,38)39)28-18(34)15(13-9-42-21(25)27-13)29-41-23(4-5-23)20(35)36/h9,12,14,16-17,19,21,26-27,30H,2-8,10-11,24-25H2,1H3,(H,28,34)(H,35,36)(H,37,38,39)/b29-15-/t14-,16+,17?,19?,21?,22?/m1/s1. The number of epoxide rings is 1. The summed E-state index contributed by atoms with van der Waals surface area (Å²) in [6, 6.07) is -1.61. The average Bonchev–Trinajstić information content (AvgIpc) is 3.78. The third-order valence-corrected chi connectivity index (χ3v) is 10.4. The zero-order valence-corrected chi connectivity index (χ0v) is 25.1. The number of fused-ring (bicyclic) bond motifs is 1. The van der Waals surface area contributed by atoms with Gasteiger partial charge in [0.1, 0.15) is 11.6 Å². The van der Waals surface area contributed by atoms with Gasteiger partial charge in [-0.05, 0) is 32.9 Å². The molecule has 4 unspecified atom stereocenters. The lowest BCUT2D eigenvalue weighted by molar-refractivity contribution is -0.153. The molecule has 10 N–H and O–H groups in total. The summed E-state index contributed by atoms with van der Waals surface area (Å²) >= 11 is 1.19. The molecule has 0 aromatic carbocycles. The first-order valence-corrected chi connectivity index (χ1v) is 16.5. The van der Waals surface area contributed by atoms with Crippen molar-refractivity contribution in [1.29, 1.82) is 0 Å². The van der Waals surface area contributed by atoms with Gasteiger partial charge in [-0.25, -0.2) is 15.6 Å². The van der Waals surface area contributed by atoms with Crippen molar-refractivity contribution in [3.8, 4) is 0 Å². The van der Waals surface area contributed by atoms with Crippen LogP contribution in [0, 0.1) is 0 Å². The highest BCUT2D eigenvalue weighted by Crippen LogP contribution is 2.43. The molecule has 1 amide bonds. The molecule has 4 saturated heterocycles. The Balaban J connectivity index is 1.17. The maximum Gasteiger partial charge on any atom is 0.350 e. The number of carbonyl (C=O) groups is 2. The second kappa shape index (κ2) is 11.4. The Hall–Kier alpha value is -2.11. The number of amides is 1. The van der Waals surface area contributed by atoms with E-state index in [1.54, 1.807) is 10.5 Å². The first-order valence-electron chi connectivity index (χ1n) is 14.1. The zero-order valence-electron chi connectivity index (χ0n) is 23.5. The number of rotatable bonds is 11. The molecule has 6 atom stereocenters. The molecule has 6 aliphatic rings. The van der Waals surface area contributed by atoms with Crippen molar-refractivity contribution >= 4 is 39.7 Å². The van der Waals surface area contributed by atoms with Crippen LogP contribution in [0.15, 0.2) is 16.3 Å². The van der Waals surface area contributed by atoms with Crippen LogP contribution in [0.4, 0.5) is 0 Å². The molecule has 5 aliphatic heterocycles. The van der Waals surface area contributed by atoms with Crippen LogP contribution in [0.3, 0.4) is 0 Å². The highest BCUT2D eigenvalue weighted by Gasteiger charge is 2.66. The van der Waals surface area contributed by atoms with Crippen LogP contribution in [0.25, 0.3) is 0 Å². The van der Waals surface area contributed by atoms with Crippen LogP contribution in [0.5, 0.6) is 0 Å². The second-order valence-electron chi connectivity index (χ2n) is 12.2. The molecule has 240 valence electrons. The van der Waals surface area contributed by atoms with Gasteiger partial charge in [0, 0.05) is 43.9 Å². The van der Waals surface area contributed by atoms with Crippen molar-refractivity contribution in [2.24, 2.45) is 16.6 Å². The zero-order chi connectivity index (χ0) is 30.7. The number of carboxylic acids is 1. The van der Waals surface area contributed by atoms with E-state index in [1.165, 1.54) is 11.8 Å². The van der Waals surface area contributed by atoms with Crippen LogP contribution in [-0.2, 0) is 29.5 Å². The number of nitrogens with one attached hydrogen (secondary N) is 4. The van der Waals surface area contributed by atoms with Gasteiger partial charge in [-0.15, -0.1) is 4.31 Å². The van der Waals surface area contributed by atoms with Crippen molar-refractivity contribution in [3.63, 3.8) is 0 Å². The lowest BCUT2D eigenvalue weighted by Crippen LogP contribution is -2.60. The van der Waals surface area contributed by atoms with Gasteiger partial charge in [0.15, 0.2) is 11.9 Å². The number of carbonyl (C=O) groups excluding carboxylic acids is 1. The van der Waals surface area contributed by atoms with Crippen LogP contribution in [0.1, 0.15) is 32.6 Å². The van der Waals surface area contributed by atoms with Crippen molar-refractivity contribution in [3.05, 3.63) is 11.1 Å². The average molecular weight is 647 g/mol. The number of thioether (sulfide) groups is 1. The lowest BCUT2D eigenvalue weighted by Gasteiger charge is -2.37. The Bertz CT molecular complexity index is 1310. The molecule has 1 aliphatic carbocycles. The second-order valence-corrected chi connectivity index (χ2v) is 14.5. The maximum absolute atomic E-state index is 13.6. The molecular formula is C23H38N10O8S2. The number of aliphatic carboxylic acids is 1. The van der Waals surface area contributed by atoms with Crippen molar-refractivity contribution in [2.75, 3.05) is 32.7 Å². The fraction of sp³-hybridized carbons (Fsp3) is 0.783. The molecular weight excluding hydrogens is 608 g/mol. The summed E-state index contributed by atoms with van der Waals surface area (Å²) in [5.41, 5.74) is 16.2. The van der Waals surface area contributed by atoms with E-state index in [-0.39, 0.29) is 42.4 Å². The number of hydrogen-bond donors (Lipinski definition) is 8. The Kier molecular flexibility index (Phi) is 8.16. The van der Waals surface area contributed by atoms with Gasteiger partial charge in [0.05, 0.1) is 23.3 Å². The van der Waals surface area contributed by atoms with E-state index in [4.69, 9.17) is 21.0 Å². The number of oxime groups is 1. The molecule has 0 bridgehead atoms. The van der Waals surface area contributed by atoms with E-state index >= 15 is 0 Å². The molecule has 18 nitrogen and oxygen atoms in total. The predicted molar refractivity (Wildman–Crippen MR) is 153 cm³/mol. The fourth-order valence-corrected chi connectivity index (χ4v) is 7.63. The number of piperidine rings is 1. The van der Waals surface area contributed by atoms with E-state index in [9.17, 15) is 27.7 Å². The summed E-state index contributed by atoms with van der Waals surface area (Å²) in [6.45, 7) is 5.19. The number of hydrazine groups is 2. The summed E-state index contributed by atoms with van der Waals surface area (Å²) in [7, 11) is -4.71. The van der Waals surface area contributed by atoms with Gasteiger partial charge in [-0.1, -0.05) is 16.9 Å². The minimum atomic E-state index is -4.71. The molecule has 0 aromatic heterocycles. The summed E-state index contributed by atoms with van der Waals surface area (Å²) in [4.78, 5) is 32.9. The van der Waals surface area contributed by atoms with Crippen molar-refractivity contribution < 1.29 is 37.2 Å². The van der Waals surface area contributed by atoms with Gasteiger partial charge in [0.2, 0.25) is 5.60 Å². The normalized spacial score (nSPS) is 36.6. The number of ether oxygens (including phenoxy) is 1. The van der Waals surface area contributed by atoms with Crippen LogP contribution in [-0.4, -0.2) is 130 Å². The van der Waals surface area contributed by atoms with E-state index in [0.717, 1.165) is 36.8 Å². The quantitative estimate of drug-likeness (QED) is 0.0471. The number of nitrogens with two attached hydrogens (primary N) is 2. The summed E-state index contributed by atoms with van der Waals surface area (Å²) < 4.78 is 41.3. The fourth-order valence-electron chi connectivity index (χ4n) is 6.00. The van der Waals surface area contributed by atoms with E-state index < -0.39 is 57.7 Å². The molecule has 5 fully saturated rings. The number of carboxylic acid groups (broad SMARTS) is 1. The number of likely N-dealkylation sites (tertiary alicyclic amines) is 1. The van der Waals surface area contributed by atoms with Crippen LogP contribution >= 0.6 is 11.8 Å². The molecule has 0 radical (unpaired) electrons. The Labute approximate surface area is 252 Å². The van der Waals surface area contributed by atoms with E-state index in [1.807, 2.05) is 0 Å². The minimum absolute atomic E-state index is 0.0499. The lowest BCUT2D eigenvalue weighted by atomic mass is 10.00. The molecule has 0 aromatic rings. The number of hydrogen-bond acceptors (Lipinski definition) is 15. The summed E-state index contributed by atoms with van der Waals surface area (Å²) in [6.07, 6.45) is 0.657. The smallest absolute Gasteiger partial charge is 0.350 e. The SMILES string of the molecule is CC1(CN2CCC(N)CC2)CNN(C[C@@H]2[C@H](NC(=O)/C(=N\OC3(C(=O)O)CC3)C3=CSC(N)N3)C3OC3N2S(=O)(=O)O)N1. The topological polar surface area (TPSA) is 253 Å². The summed E-state index contributed by atoms with van der Waals surface area (Å²) in [5, 5.41) is 22.3. The van der Waals surface area contributed by atoms with Gasteiger partial charge in [0.25, 0.3) is 5.91 Å². The molecule has 0 spiro atoms. The maximum atomic E-state index is 13.6. The van der Waals surface area contributed by atoms with E-state index in [2.05, 4.69) is 38.5 Å². The Morgan fingerprint density at radius 2 is 2.02 bits per heavy atom. The molecule has 6 rings (SSSR count). The highest BCUT2D eigenvalue weighted by molar-refractivity contribution is 8.02. The Morgan fingerprint density at radius 3 is 2.63 bits per heavy atom. The van der Waals surface area contributed by atoms with Gasteiger partial charge in [-0.3, -0.25) is 9.35 Å². The van der Waals surface area contributed by atoms with Crippen molar-refractivity contribution in [1.82, 2.24) is 35.8 Å². The third kappa shape index (κ3) is 6.50. The number of nitrogens with zero attached hydrogens (tertiary/aromatic N) is 4. The van der Waals surface area contributed by atoms with E-state index in [0.29, 0.717) is 6.54 Å². The molecule has 5 heterocycles. The molecule has 43 heavy (non-hydrogen) atoms. The summed E-state index contributed by atoms with van der Waals surface area (Å²) in [5.74, 6) is -1.95. The third-order valence-electron chi connectivity index (χ3n) is 8.56. The van der Waals surface area contributed by atoms with Gasteiger partial charge >= 0.3 is 16.3 Å². The Morgan fingerprint density at radius 1 is 1.30 bits per heavy atom. The van der Waals surface area contributed by atoms with Crippen LogP contribution in [0.2, 0.25) is 0 Å². The monoisotopic (exact) mass is 646 g/mol. The largest absolute Gasteiger partial charge is 0.478 e. The highest BCUT2D eigenvalue weighted by atomic mass is 32.2. The predicted octanol–water partition coefficient (Wildman–Crippen LogP) is -3.40. The molecule has 20 heteroatoms. The van der Waals surface area contributed by atoms with Gasteiger partial charge < -0.3 is 41.7 Å². The van der Waals surface area contributed by atoms with Gasteiger partial charge in [-0.2, -0.15) is 13.5 Å². The first-order chi connectivity index (χ1) is 20.3. The molecule has 1 saturated carbocycles.